The molecule has 3 aliphatic rings. The van der Waals surface area contributed by atoms with Gasteiger partial charge in [0.1, 0.15) is 11.4 Å². The minimum Gasteiger partial charge on any atom is -0.507 e. The minimum atomic E-state index is -0.463. The molecule has 0 bridgehead atoms. The average Bonchev–Trinajstić information content (AvgIpc) is 3.48. The minimum absolute atomic E-state index is 0.0196. The van der Waals surface area contributed by atoms with Crippen molar-refractivity contribution in [1.29, 1.82) is 0 Å². The number of hydrogen-bond acceptors (Lipinski definition) is 9. The second-order valence-corrected chi connectivity index (χ2v) is 13.7. The molecule has 1 amide bonds. The molecule has 238 valence electrons. The van der Waals surface area contributed by atoms with Crippen LogP contribution in [0.15, 0.2) is 42.7 Å². The Labute approximate surface area is 264 Å². The number of nitrogens with two attached hydrogens (primary N) is 1. The first-order valence-electron chi connectivity index (χ1n) is 15.8. The fraction of sp³-hybridized carbons (Fsp3) is 0.529. The molecule has 11 heteroatoms. The van der Waals surface area contributed by atoms with Gasteiger partial charge in [0.25, 0.3) is 0 Å². The molecule has 3 fully saturated rings. The van der Waals surface area contributed by atoms with E-state index < -0.39 is 5.60 Å². The number of nitrogen functional groups attached to an aromatic ring is 1. The fourth-order valence-electron chi connectivity index (χ4n) is 6.67. The van der Waals surface area contributed by atoms with Crippen LogP contribution in [0.4, 0.5) is 10.6 Å². The van der Waals surface area contributed by atoms with Crippen LogP contribution in [0, 0.1) is 17.3 Å². The normalized spacial score (nSPS) is 21.1. The quantitative estimate of drug-likeness (QED) is 0.409. The van der Waals surface area contributed by atoms with Crippen molar-refractivity contribution in [2.45, 2.75) is 77.2 Å². The Morgan fingerprint density at radius 1 is 1.16 bits per heavy atom. The highest BCUT2D eigenvalue weighted by Gasteiger charge is 2.49. The maximum Gasteiger partial charge on any atom is 0.410 e. The molecule has 1 aliphatic carbocycles. The summed E-state index contributed by atoms with van der Waals surface area (Å²) in [5.74, 6) is 6.58. The SMILES string of the molecule is C[C@@H]([C@H]1CN(C2CC3(CCN(C(=O)OC(C)(C)C)CC3)C2)CCO1)n1cc(C#Cc2cc(-c3ccccc3O)nnc2N)cn1. The zero-order chi connectivity index (χ0) is 31.8. The lowest BCUT2D eigenvalue weighted by Gasteiger charge is -2.56. The highest BCUT2D eigenvalue weighted by Crippen LogP contribution is 2.51. The van der Waals surface area contributed by atoms with E-state index in [0.29, 0.717) is 34.9 Å². The Morgan fingerprint density at radius 2 is 1.91 bits per heavy atom. The molecular weight excluding hydrogens is 570 g/mol. The molecular formula is C34H43N7O4. The van der Waals surface area contributed by atoms with Crippen LogP contribution in [0.1, 0.15) is 70.5 Å². The lowest BCUT2D eigenvalue weighted by atomic mass is 9.60. The van der Waals surface area contributed by atoms with Crippen molar-refractivity contribution in [1.82, 2.24) is 29.8 Å². The summed E-state index contributed by atoms with van der Waals surface area (Å²) in [5, 5.41) is 23.0. The van der Waals surface area contributed by atoms with E-state index >= 15 is 0 Å². The number of benzene rings is 1. The van der Waals surface area contributed by atoms with Crippen LogP contribution < -0.4 is 5.73 Å². The van der Waals surface area contributed by atoms with E-state index in [1.807, 2.05) is 42.6 Å². The van der Waals surface area contributed by atoms with Gasteiger partial charge in [0, 0.05) is 44.0 Å². The van der Waals surface area contributed by atoms with Gasteiger partial charge in [0.15, 0.2) is 5.82 Å². The molecule has 11 nitrogen and oxygen atoms in total. The number of morpholine rings is 1. The third kappa shape index (κ3) is 6.92. The Bertz CT molecular complexity index is 1590. The van der Waals surface area contributed by atoms with Gasteiger partial charge in [-0.15, -0.1) is 10.2 Å². The molecule has 4 heterocycles. The topological polar surface area (TPSA) is 132 Å². The van der Waals surface area contributed by atoms with Crippen molar-refractivity contribution in [3.05, 3.63) is 53.9 Å². The summed E-state index contributed by atoms with van der Waals surface area (Å²) in [4.78, 5) is 17.0. The number of anilines is 1. The van der Waals surface area contributed by atoms with E-state index in [9.17, 15) is 9.90 Å². The van der Waals surface area contributed by atoms with Crippen LogP contribution in [-0.4, -0.2) is 91.5 Å². The molecule has 0 radical (unpaired) electrons. The van der Waals surface area contributed by atoms with Gasteiger partial charge in [-0.1, -0.05) is 24.0 Å². The van der Waals surface area contributed by atoms with Crippen molar-refractivity contribution < 1.29 is 19.4 Å². The van der Waals surface area contributed by atoms with Crippen molar-refractivity contribution in [2.75, 3.05) is 38.5 Å². The Hall–Kier alpha value is -4.14. The number of aromatic nitrogens is 4. The monoisotopic (exact) mass is 613 g/mol. The number of aromatic hydroxyl groups is 1. The lowest BCUT2D eigenvalue weighted by molar-refractivity contribution is -0.108. The fourth-order valence-corrected chi connectivity index (χ4v) is 6.67. The maximum atomic E-state index is 12.5. The van der Waals surface area contributed by atoms with Crippen LogP contribution in [0.5, 0.6) is 5.75 Å². The molecule has 1 spiro atoms. The molecule has 1 aromatic carbocycles. The number of likely N-dealkylation sites (tertiary alicyclic amines) is 1. The maximum absolute atomic E-state index is 12.5. The first kappa shape index (κ1) is 30.9. The number of piperidine rings is 1. The second kappa shape index (κ2) is 12.3. The smallest absolute Gasteiger partial charge is 0.410 e. The van der Waals surface area contributed by atoms with E-state index in [4.69, 9.17) is 15.2 Å². The Morgan fingerprint density at radius 3 is 2.64 bits per heavy atom. The number of hydrogen-bond donors (Lipinski definition) is 2. The number of carbonyl (C=O) groups is 1. The molecule has 2 aromatic heterocycles. The summed E-state index contributed by atoms with van der Waals surface area (Å²) >= 11 is 0. The molecule has 0 unspecified atom stereocenters. The summed E-state index contributed by atoms with van der Waals surface area (Å²) < 4.78 is 13.7. The van der Waals surface area contributed by atoms with Gasteiger partial charge in [-0.05, 0) is 77.0 Å². The van der Waals surface area contributed by atoms with Crippen molar-refractivity contribution in [3.8, 4) is 28.8 Å². The van der Waals surface area contributed by atoms with Gasteiger partial charge < -0.3 is 25.2 Å². The van der Waals surface area contributed by atoms with Crippen LogP contribution in [0.2, 0.25) is 0 Å². The zero-order valence-corrected chi connectivity index (χ0v) is 26.6. The number of para-hydroxylation sites is 1. The van der Waals surface area contributed by atoms with Gasteiger partial charge in [-0.2, -0.15) is 5.10 Å². The van der Waals surface area contributed by atoms with Gasteiger partial charge >= 0.3 is 6.09 Å². The van der Waals surface area contributed by atoms with Gasteiger partial charge in [-0.3, -0.25) is 9.58 Å². The first-order valence-corrected chi connectivity index (χ1v) is 15.8. The van der Waals surface area contributed by atoms with Crippen molar-refractivity contribution in [2.24, 2.45) is 5.41 Å². The Kier molecular flexibility index (Phi) is 8.46. The molecule has 2 aliphatic heterocycles. The first-order chi connectivity index (χ1) is 21.5. The average molecular weight is 614 g/mol. The predicted octanol–water partition coefficient (Wildman–Crippen LogP) is 4.47. The standard InChI is InChI=1S/C34H43N7O4/c1-23(41-21-24(20-36-41)9-10-25-17-28(37-38-31(25)35)27-7-5-6-8-29(27)42)30-22-40(15-16-44-30)26-18-34(19-26)11-13-39(14-12-34)32(43)45-33(2,3)4/h5-8,17,20-21,23,26,30,42H,11-16,18-19,22H2,1-4H3,(H2,35,38)/t23-,30+/m0/s1. The molecule has 1 saturated carbocycles. The number of amides is 1. The predicted molar refractivity (Wildman–Crippen MR) is 170 cm³/mol. The van der Waals surface area contributed by atoms with Crippen molar-refractivity contribution >= 4 is 11.9 Å². The van der Waals surface area contributed by atoms with E-state index in [1.165, 1.54) is 12.8 Å². The van der Waals surface area contributed by atoms with Crippen LogP contribution in [-0.2, 0) is 9.47 Å². The third-order valence-corrected chi connectivity index (χ3v) is 9.36. The van der Waals surface area contributed by atoms with Gasteiger partial charge in [0.2, 0.25) is 0 Å². The lowest BCUT2D eigenvalue weighted by Crippen LogP contribution is -2.59. The summed E-state index contributed by atoms with van der Waals surface area (Å²) in [5.41, 5.74) is 8.29. The van der Waals surface area contributed by atoms with Crippen LogP contribution >= 0.6 is 0 Å². The van der Waals surface area contributed by atoms with Gasteiger partial charge in [-0.25, -0.2) is 4.79 Å². The summed E-state index contributed by atoms with van der Waals surface area (Å²) in [6.07, 6.45) is 7.95. The van der Waals surface area contributed by atoms with Crippen LogP contribution in [0.25, 0.3) is 11.3 Å². The highest BCUT2D eigenvalue weighted by molar-refractivity contribution is 5.69. The van der Waals surface area contributed by atoms with Crippen LogP contribution in [0.3, 0.4) is 0 Å². The number of ether oxygens (including phenoxy) is 2. The van der Waals surface area contributed by atoms with Crippen molar-refractivity contribution in [3.63, 3.8) is 0 Å². The Balaban J connectivity index is 1.03. The summed E-state index contributed by atoms with van der Waals surface area (Å²) in [7, 11) is 0. The number of rotatable bonds is 4. The van der Waals surface area contributed by atoms with Gasteiger partial charge in [0.05, 0.1) is 41.8 Å². The zero-order valence-electron chi connectivity index (χ0n) is 26.6. The molecule has 2 atom stereocenters. The number of nitrogens with zero attached hydrogens (tertiary/aromatic N) is 6. The number of phenolic OH excluding ortho intramolecular Hbond substituents is 1. The van der Waals surface area contributed by atoms with E-state index in [-0.39, 0.29) is 29.8 Å². The molecule has 3 N–H and O–H groups in total. The number of phenols is 1. The highest BCUT2D eigenvalue weighted by atomic mass is 16.6. The molecule has 6 rings (SSSR count). The van der Waals surface area contributed by atoms with E-state index in [0.717, 1.165) is 44.6 Å². The summed E-state index contributed by atoms with van der Waals surface area (Å²) in [6.45, 7) is 11.9. The summed E-state index contributed by atoms with van der Waals surface area (Å²) in [6, 6.07) is 9.27. The van der Waals surface area contributed by atoms with E-state index in [1.54, 1.807) is 30.5 Å². The second-order valence-electron chi connectivity index (χ2n) is 13.7. The van der Waals surface area contributed by atoms with E-state index in [2.05, 4.69) is 39.0 Å². The molecule has 2 saturated heterocycles. The largest absolute Gasteiger partial charge is 0.507 e. The number of carbonyl (C=O) groups excluding carboxylic acids is 1. The third-order valence-electron chi connectivity index (χ3n) is 9.36. The molecule has 3 aromatic rings. The molecule has 45 heavy (non-hydrogen) atoms.